The molecule has 3 aromatic carbocycles. The van der Waals surface area contributed by atoms with Crippen LogP contribution >= 0.6 is 0 Å². The molecule has 0 radical (unpaired) electrons. The quantitative estimate of drug-likeness (QED) is 0.473. The number of nitrogens with one attached hydrogen (secondary N) is 2. The van der Waals surface area contributed by atoms with Crippen LogP contribution in [-0.2, 0) is 16.4 Å². The molecule has 0 spiro atoms. The summed E-state index contributed by atoms with van der Waals surface area (Å²) < 4.78 is 29.1. The zero-order chi connectivity index (χ0) is 25.5. The number of carbonyl (C=O) groups is 2. The number of hydrogen-bond donors (Lipinski definition) is 3. The van der Waals surface area contributed by atoms with Crippen LogP contribution < -0.4 is 25.4 Å². The van der Waals surface area contributed by atoms with E-state index in [1.165, 1.54) is 12.1 Å². The van der Waals surface area contributed by atoms with Crippen LogP contribution in [0.25, 0.3) is 0 Å². The topological polar surface area (TPSA) is 131 Å². The average molecular weight is 507 g/mol. The van der Waals surface area contributed by atoms with E-state index < -0.39 is 15.7 Å². The monoisotopic (exact) mass is 506 g/mol. The van der Waals surface area contributed by atoms with Crippen molar-refractivity contribution in [3.05, 3.63) is 89.5 Å². The fourth-order valence-electron chi connectivity index (χ4n) is 4.77. The third kappa shape index (κ3) is 4.52. The van der Waals surface area contributed by atoms with Gasteiger partial charge in [0.05, 0.1) is 16.6 Å². The van der Waals surface area contributed by atoms with Gasteiger partial charge in [0.15, 0.2) is 5.72 Å². The first kappa shape index (κ1) is 23.8. The maximum absolute atomic E-state index is 13.1. The van der Waals surface area contributed by atoms with Gasteiger partial charge in [0.25, 0.3) is 5.91 Å². The molecule has 2 atom stereocenters. The summed E-state index contributed by atoms with van der Waals surface area (Å²) in [6.07, 6.45) is 1.08. The van der Waals surface area contributed by atoms with Gasteiger partial charge in [0.1, 0.15) is 5.75 Å². The second-order valence-corrected chi connectivity index (χ2v) is 10.7. The van der Waals surface area contributed by atoms with Crippen LogP contribution in [0.5, 0.6) is 5.75 Å². The van der Waals surface area contributed by atoms with Crippen LogP contribution in [0.4, 0.5) is 10.5 Å². The maximum atomic E-state index is 13.1. The summed E-state index contributed by atoms with van der Waals surface area (Å²) in [5.41, 5.74) is 1.87. The number of sulfonamides is 1. The molecule has 36 heavy (non-hydrogen) atoms. The zero-order valence-corrected chi connectivity index (χ0v) is 20.4. The molecule has 2 heterocycles. The van der Waals surface area contributed by atoms with Crippen LogP contribution in [-0.4, -0.2) is 32.6 Å². The zero-order valence-electron chi connectivity index (χ0n) is 19.6. The molecule has 2 aliphatic heterocycles. The molecule has 1 fully saturated rings. The Morgan fingerprint density at radius 2 is 1.89 bits per heavy atom. The Labute approximate surface area is 209 Å². The fourth-order valence-corrected chi connectivity index (χ4v) is 5.28. The van der Waals surface area contributed by atoms with Crippen molar-refractivity contribution < 1.29 is 22.7 Å². The first-order valence-corrected chi connectivity index (χ1v) is 13.1. The van der Waals surface area contributed by atoms with E-state index in [1.807, 2.05) is 31.2 Å². The van der Waals surface area contributed by atoms with Gasteiger partial charge in [-0.1, -0.05) is 36.4 Å². The molecule has 3 aromatic rings. The summed E-state index contributed by atoms with van der Waals surface area (Å²) in [5, 5.41) is 11.0. The van der Waals surface area contributed by atoms with Crippen LogP contribution in [0.15, 0.2) is 77.7 Å². The molecule has 9 nitrogen and oxygen atoms in total. The van der Waals surface area contributed by atoms with Gasteiger partial charge in [0.2, 0.25) is 10.0 Å². The SMILES string of the molecule is CC12CC(NC(=O)N1c1cccc(C(=O)NCCc3ccc(S(N)(=O)=O)cc3)c1)c1ccccc1O2. The Hall–Kier alpha value is -3.89. The second kappa shape index (κ2) is 8.96. The standard InChI is InChI=1S/C26H26N4O5S/c1-26-16-22(21-7-2-3-8-23(21)35-26)29-25(32)30(26)19-6-4-5-18(15-19)24(31)28-14-13-17-9-11-20(12-10-17)36(27,33)34/h2-12,15,22H,13-14,16H2,1H3,(H,28,31)(H,29,32)(H2,27,33,34). The molecule has 0 aromatic heterocycles. The lowest BCUT2D eigenvalue weighted by Gasteiger charge is -2.50. The summed E-state index contributed by atoms with van der Waals surface area (Å²) in [5.74, 6) is 0.445. The summed E-state index contributed by atoms with van der Waals surface area (Å²) >= 11 is 0. The number of benzene rings is 3. The van der Waals surface area contributed by atoms with Crippen molar-refractivity contribution in [1.82, 2.24) is 10.6 Å². The maximum Gasteiger partial charge on any atom is 0.325 e. The van der Waals surface area contributed by atoms with Gasteiger partial charge >= 0.3 is 6.03 Å². The highest BCUT2D eigenvalue weighted by molar-refractivity contribution is 7.89. The molecule has 2 unspecified atom stereocenters. The minimum atomic E-state index is -3.74. The van der Waals surface area contributed by atoms with Crippen molar-refractivity contribution in [2.75, 3.05) is 11.4 Å². The van der Waals surface area contributed by atoms with E-state index in [4.69, 9.17) is 9.88 Å². The largest absolute Gasteiger partial charge is 0.467 e. The van der Waals surface area contributed by atoms with Crippen molar-refractivity contribution in [2.45, 2.75) is 36.4 Å². The van der Waals surface area contributed by atoms with Crippen molar-refractivity contribution in [2.24, 2.45) is 5.14 Å². The van der Waals surface area contributed by atoms with E-state index >= 15 is 0 Å². The lowest BCUT2D eigenvalue weighted by atomic mass is 9.90. The smallest absolute Gasteiger partial charge is 0.325 e. The number of fused-ring (bicyclic) bond motifs is 4. The van der Waals surface area contributed by atoms with Crippen molar-refractivity contribution in [3.63, 3.8) is 0 Å². The third-order valence-corrected chi connectivity index (χ3v) is 7.43. The number of nitrogens with zero attached hydrogens (tertiary/aromatic N) is 1. The summed E-state index contributed by atoms with van der Waals surface area (Å²) in [7, 11) is -3.74. The van der Waals surface area contributed by atoms with Gasteiger partial charge in [-0.3, -0.25) is 9.69 Å². The number of urea groups is 1. The lowest BCUT2D eigenvalue weighted by Crippen LogP contribution is -2.65. The Balaban J connectivity index is 1.28. The predicted octanol–water partition coefficient (Wildman–Crippen LogP) is 3.08. The molecule has 4 N–H and O–H groups in total. The summed E-state index contributed by atoms with van der Waals surface area (Å²) in [4.78, 5) is 27.5. The number of primary sulfonamides is 1. The Kier molecular flexibility index (Phi) is 5.93. The fraction of sp³-hybridized carbons (Fsp3) is 0.231. The Morgan fingerprint density at radius 1 is 1.14 bits per heavy atom. The van der Waals surface area contributed by atoms with Gasteiger partial charge < -0.3 is 15.4 Å². The number of ether oxygens (including phenoxy) is 1. The van der Waals surface area contributed by atoms with Gasteiger partial charge in [0, 0.05) is 24.1 Å². The Bertz CT molecular complexity index is 1440. The van der Waals surface area contributed by atoms with E-state index in [2.05, 4.69) is 10.6 Å². The number of rotatable bonds is 6. The molecule has 5 rings (SSSR count). The van der Waals surface area contributed by atoms with Crippen LogP contribution in [0, 0.1) is 0 Å². The second-order valence-electron chi connectivity index (χ2n) is 9.10. The highest BCUT2D eigenvalue weighted by Crippen LogP contribution is 2.45. The number of nitrogens with two attached hydrogens (primary N) is 1. The molecule has 0 saturated carbocycles. The third-order valence-electron chi connectivity index (χ3n) is 6.50. The molecular weight excluding hydrogens is 480 g/mol. The number of carbonyl (C=O) groups excluding carboxylic acids is 2. The van der Waals surface area contributed by atoms with Crippen molar-refractivity contribution in [1.29, 1.82) is 0 Å². The van der Waals surface area contributed by atoms with Gasteiger partial charge in [-0.2, -0.15) is 0 Å². The van der Waals surface area contributed by atoms with Gasteiger partial charge in [-0.25, -0.2) is 18.4 Å². The van der Waals surface area contributed by atoms with E-state index in [9.17, 15) is 18.0 Å². The minimum Gasteiger partial charge on any atom is -0.467 e. The predicted molar refractivity (Wildman–Crippen MR) is 134 cm³/mol. The molecular formula is C26H26N4O5S. The van der Waals surface area contributed by atoms with Gasteiger partial charge in [-0.15, -0.1) is 0 Å². The van der Waals surface area contributed by atoms with Crippen LogP contribution in [0.1, 0.15) is 40.9 Å². The number of amides is 3. The molecule has 3 amide bonds. The molecule has 1 saturated heterocycles. The average Bonchev–Trinajstić information content (AvgIpc) is 2.83. The van der Waals surface area contributed by atoms with E-state index in [0.717, 1.165) is 16.9 Å². The summed E-state index contributed by atoms with van der Waals surface area (Å²) in [6, 6.07) is 20.3. The highest BCUT2D eigenvalue weighted by atomic mass is 32.2. The molecule has 2 aliphatic rings. The summed E-state index contributed by atoms with van der Waals surface area (Å²) in [6.45, 7) is 2.23. The molecule has 10 heteroatoms. The molecule has 2 bridgehead atoms. The minimum absolute atomic E-state index is 0.0410. The van der Waals surface area contributed by atoms with E-state index in [-0.39, 0.29) is 22.9 Å². The molecule has 0 aliphatic carbocycles. The van der Waals surface area contributed by atoms with E-state index in [0.29, 0.717) is 30.6 Å². The first-order valence-electron chi connectivity index (χ1n) is 11.5. The first-order chi connectivity index (χ1) is 17.1. The van der Waals surface area contributed by atoms with Gasteiger partial charge in [-0.05, 0) is 55.3 Å². The normalized spacial score (nSPS) is 20.7. The number of anilines is 1. The lowest BCUT2D eigenvalue weighted by molar-refractivity contribution is 0.0378. The number of hydrogen-bond acceptors (Lipinski definition) is 5. The number of para-hydroxylation sites is 1. The van der Waals surface area contributed by atoms with Crippen LogP contribution in [0.3, 0.4) is 0 Å². The van der Waals surface area contributed by atoms with E-state index in [1.54, 1.807) is 41.3 Å². The van der Waals surface area contributed by atoms with Crippen molar-refractivity contribution in [3.8, 4) is 5.75 Å². The van der Waals surface area contributed by atoms with Crippen LogP contribution in [0.2, 0.25) is 0 Å². The highest BCUT2D eigenvalue weighted by Gasteiger charge is 2.49. The van der Waals surface area contributed by atoms with Crippen molar-refractivity contribution >= 4 is 27.6 Å². The molecule has 186 valence electrons. The Morgan fingerprint density at radius 3 is 2.64 bits per heavy atom.